The third-order valence-electron chi connectivity index (χ3n) is 9.29. The molecule has 2 fully saturated rings. The van der Waals surface area contributed by atoms with Crippen molar-refractivity contribution in [3.05, 3.63) is 95.8 Å². The number of rotatable bonds is 5. The van der Waals surface area contributed by atoms with E-state index < -0.39 is 0 Å². The quantitative estimate of drug-likeness (QED) is 0.294. The van der Waals surface area contributed by atoms with Gasteiger partial charge in [0.05, 0.1) is 29.4 Å². The second-order valence-corrected chi connectivity index (χ2v) is 11.6. The Morgan fingerprint density at radius 1 is 0.950 bits per heavy atom. The Kier molecular flexibility index (Phi) is 6.50. The average Bonchev–Trinajstić information content (AvgIpc) is 3.66. The Labute approximate surface area is 234 Å². The summed E-state index contributed by atoms with van der Waals surface area (Å²) in [4.78, 5) is 36.7. The first-order valence-electron chi connectivity index (χ1n) is 14.6. The minimum absolute atomic E-state index is 0.00144. The van der Waals surface area contributed by atoms with Crippen molar-refractivity contribution in [3.8, 4) is 0 Å². The van der Waals surface area contributed by atoms with Crippen molar-refractivity contribution in [1.29, 1.82) is 0 Å². The highest BCUT2D eigenvalue weighted by Gasteiger charge is 2.46. The topological polar surface area (TPSA) is 90.1 Å². The van der Waals surface area contributed by atoms with E-state index in [-0.39, 0.29) is 35.9 Å². The summed E-state index contributed by atoms with van der Waals surface area (Å²) in [5.74, 6) is 0.587. The fourth-order valence-corrected chi connectivity index (χ4v) is 7.31. The van der Waals surface area contributed by atoms with Gasteiger partial charge < -0.3 is 20.5 Å². The van der Waals surface area contributed by atoms with Crippen LogP contribution in [0.3, 0.4) is 0 Å². The Morgan fingerprint density at radius 2 is 1.77 bits per heavy atom. The average molecular weight is 534 g/mol. The summed E-state index contributed by atoms with van der Waals surface area (Å²) in [5, 5.41) is 7.07. The van der Waals surface area contributed by atoms with Crippen LogP contribution in [-0.2, 0) is 4.79 Å². The number of hydrogen-bond acceptors (Lipinski definition) is 4. The number of amides is 2. The molecule has 3 N–H and O–H groups in total. The highest BCUT2D eigenvalue weighted by molar-refractivity contribution is 5.97. The molecule has 2 aliphatic heterocycles. The molecule has 7 heteroatoms. The fourth-order valence-electron chi connectivity index (χ4n) is 7.31. The molecule has 0 unspecified atom stereocenters. The Balaban J connectivity index is 1.09. The molecule has 0 radical (unpaired) electrons. The maximum atomic E-state index is 14.0. The maximum absolute atomic E-state index is 14.0. The number of benzene rings is 3. The van der Waals surface area contributed by atoms with Gasteiger partial charge in [-0.2, -0.15) is 0 Å². The van der Waals surface area contributed by atoms with E-state index >= 15 is 0 Å². The monoisotopic (exact) mass is 533 g/mol. The number of para-hydroxylation sites is 1. The lowest BCUT2D eigenvalue weighted by Crippen LogP contribution is -2.45. The van der Waals surface area contributed by atoms with E-state index in [0.717, 1.165) is 55.4 Å². The first kappa shape index (κ1) is 24.9. The summed E-state index contributed by atoms with van der Waals surface area (Å²) < 4.78 is 0. The van der Waals surface area contributed by atoms with Gasteiger partial charge in [-0.05, 0) is 60.6 Å². The number of anilines is 1. The predicted molar refractivity (Wildman–Crippen MR) is 156 cm³/mol. The minimum Gasteiger partial charge on any atom is -0.378 e. The summed E-state index contributed by atoms with van der Waals surface area (Å²) in [6.07, 6.45) is 7.12. The van der Waals surface area contributed by atoms with E-state index in [1.165, 1.54) is 11.1 Å². The SMILES string of the molecule is O=C(N[C@@H]1CCCC[C@@H]1CC(=O)N1CC[C@@H]2[C@H](c3ccccc3)Nc3ccccc3[C@@H]21)c1ccc2nc[nH]c2c1. The van der Waals surface area contributed by atoms with E-state index in [0.29, 0.717) is 17.9 Å². The number of nitrogens with zero attached hydrogens (tertiary/aromatic N) is 2. The minimum atomic E-state index is -0.0833. The number of imidazole rings is 1. The number of carbonyl (C=O) groups excluding carboxylic acids is 2. The smallest absolute Gasteiger partial charge is 0.251 e. The fraction of sp³-hybridized carbons (Fsp3) is 0.364. The molecule has 0 bridgehead atoms. The number of likely N-dealkylation sites (tertiary alicyclic amines) is 1. The van der Waals surface area contributed by atoms with Crippen LogP contribution in [0.5, 0.6) is 0 Å². The standard InChI is InChI=1S/C33H35N5O2/c39-30(19-22-10-4-6-12-26(22)37-33(40)23-14-15-28-29(18-23)35-20-34-28)38-17-16-25-31(21-8-2-1-3-9-21)36-27-13-7-5-11-24(27)32(25)38/h1-3,5,7-9,11,13-15,18,20,22,25-26,31-32,36H,4,6,10,12,16-17,19H2,(H,34,35)(H,37,40)/t22-,25-,26-,31+,32+/m1/s1. The van der Waals surface area contributed by atoms with Gasteiger partial charge in [-0.3, -0.25) is 9.59 Å². The molecule has 1 aliphatic carbocycles. The van der Waals surface area contributed by atoms with Gasteiger partial charge in [0.1, 0.15) is 0 Å². The van der Waals surface area contributed by atoms with Crippen LogP contribution in [-0.4, -0.2) is 39.3 Å². The molecule has 5 atom stereocenters. The lowest BCUT2D eigenvalue weighted by molar-refractivity contribution is -0.134. The van der Waals surface area contributed by atoms with Gasteiger partial charge in [0.15, 0.2) is 0 Å². The molecule has 3 heterocycles. The molecule has 2 amide bonds. The molecule has 1 aromatic heterocycles. The van der Waals surface area contributed by atoms with Gasteiger partial charge in [-0.15, -0.1) is 0 Å². The van der Waals surface area contributed by atoms with Crippen LogP contribution < -0.4 is 10.6 Å². The summed E-state index contributed by atoms with van der Waals surface area (Å²) in [6, 6.07) is 24.8. The van der Waals surface area contributed by atoms with Crippen LogP contribution in [0.15, 0.2) is 79.1 Å². The van der Waals surface area contributed by atoms with Crippen molar-refractivity contribution < 1.29 is 9.59 Å². The Hall–Kier alpha value is -4.13. The van der Waals surface area contributed by atoms with Crippen LogP contribution >= 0.6 is 0 Å². The van der Waals surface area contributed by atoms with Gasteiger partial charge in [0.25, 0.3) is 5.91 Å². The molecule has 204 valence electrons. The number of carbonyl (C=O) groups is 2. The van der Waals surface area contributed by atoms with Gasteiger partial charge in [0, 0.05) is 36.2 Å². The zero-order chi connectivity index (χ0) is 27.1. The van der Waals surface area contributed by atoms with Crippen LogP contribution in [0, 0.1) is 11.8 Å². The van der Waals surface area contributed by atoms with Crippen molar-refractivity contribution in [1.82, 2.24) is 20.2 Å². The largest absolute Gasteiger partial charge is 0.378 e. The summed E-state index contributed by atoms with van der Waals surface area (Å²) in [5.41, 5.74) is 5.92. The molecular formula is C33H35N5O2. The van der Waals surface area contributed by atoms with E-state index in [1.807, 2.05) is 18.2 Å². The Morgan fingerprint density at radius 3 is 2.67 bits per heavy atom. The third-order valence-corrected chi connectivity index (χ3v) is 9.29. The van der Waals surface area contributed by atoms with Crippen LogP contribution in [0.4, 0.5) is 5.69 Å². The molecule has 1 saturated heterocycles. The zero-order valence-corrected chi connectivity index (χ0v) is 22.6. The second kappa shape index (κ2) is 10.5. The normalized spacial score (nSPS) is 25.6. The van der Waals surface area contributed by atoms with Gasteiger partial charge >= 0.3 is 0 Å². The molecule has 1 saturated carbocycles. The highest BCUT2D eigenvalue weighted by Crippen LogP contribution is 2.51. The van der Waals surface area contributed by atoms with E-state index in [9.17, 15) is 9.59 Å². The first-order chi connectivity index (χ1) is 19.7. The van der Waals surface area contributed by atoms with Crippen LogP contribution in [0.25, 0.3) is 11.0 Å². The molecule has 7 nitrogen and oxygen atoms in total. The molecule has 4 aromatic rings. The number of aromatic nitrogens is 2. The third kappa shape index (κ3) is 4.53. The lowest BCUT2D eigenvalue weighted by Gasteiger charge is -2.40. The van der Waals surface area contributed by atoms with E-state index in [4.69, 9.17) is 0 Å². The van der Waals surface area contributed by atoms with Crippen molar-refractivity contribution >= 4 is 28.5 Å². The van der Waals surface area contributed by atoms with Crippen LogP contribution in [0.1, 0.15) is 72.1 Å². The predicted octanol–water partition coefficient (Wildman–Crippen LogP) is 6.00. The van der Waals surface area contributed by atoms with Gasteiger partial charge in [0.2, 0.25) is 5.91 Å². The second-order valence-electron chi connectivity index (χ2n) is 11.6. The number of aromatic amines is 1. The molecule has 0 spiro atoms. The molecule has 40 heavy (non-hydrogen) atoms. The lowest BCUT2D eigenvalue weighted by atomic mass is 9.79. The van der Waals surface area contributed by atoms with Gasteiger partial charge in [-0.25, -0.2) is 4.98 Å². The number of nitrogens with one attached hydrogen (secondary N) is 3. The maximum Gasteiger partial charge on any atom is 0.251 e. The van der Waals surface area contributed by atoms with Gasteiger partial charge in [-0.1, -0.05) is 61.4 Å². The van der Waals surface area contributed by atoms with E-state index in [2.05, 4.69) is 80.1 Å². The Bertz CT molecular complexity index is 1530. The highest BCUT2D eigenvalue weighted by atomic mass is 16.2. The number of fused-ring (bicyclic) bond motifs is 4. The molecule has 3 aromatic carbocycles. The van der Waals surface area contributed by atoms with Crippen molar-refractivity contribution in [2.24, 2.45) is 11.8 Å². The summed E-state index contributed by atoms with van der Waals surface area (Å²) in [7, 11) is 0. The summed E-state index contributed by atoms with van der Waals surface area (Å²) >= 11 is 0. The number of H-pyrrole nitrogens is 1. The summed E-state index contributed by atoms with van der Waals surface area (Å²) in [6.45, 7) is 0.765. The van der Waals surface area contributed by atoms with Crippen LogP contribution in [0.2, 0.25) is 0 Å². The first-order valence-corrected chi connectivity index (χ1v) is 14.6. The number of hydrogen-bond donors (Lipinski definition) is 3. The van der Waals surface area contributed by atoms with Crippen molar-refractivity contribution in [3.63, 3.8) is 0 Å². The van der Waals surface area contributed by atoms with Crippen molar-refractivity contribution in [2.75, 3.05) is 11.9 Å². The molecular weight excluding hydrogens is 498 g/mol. The molecule has 3 aliphatic rings. The molecule has 7 rings (SSSR count). The zero-order valence-electron chi connectivity index (χ0n) is 22.6. The van der Waals surface area contributed by atoms with E-state index in [1.54, 1.807) is 6.33 Å². The van der Waals surface area contributed by atoms with Crippen molar-refractivity contribution in [2.45, 2.75) is 56.7 Å².